The number of rotatable bonds is 11. The van der Waals surface area contributed by atoms with Crippen LogP contribution in [0.15, 0.2) is 48.6 Å². The number of aromatic nitrogens is 8. The molecule has 24 heteroatoms. The van der Waals surface area contributed by atoms with Gasteiger partial charge in [-0.25, -0.2) is 14.5 Å². The zero-order valence-electron chi connectivity index (χ0n) is 35.9. The lowest BCUT2D eigenvalue weighted by Crippen LogP contribution is -2.43. The molecule has 0 bridgehead atoms. The number of hydrogen-bond donors (Lipinski definition) is 6. The number of aryl methyl sites for hydroxylation is 4. The van der Waals surface area contributed by atoms with Crippen molar-refractivity contribution in [3.8, 4) is 11.5 Å². The van der Waals surface area contributed by atoms with E-state index in [2.05, 4.69) is 20.8 Å². The van der Waals surface area contributed by atoms with Crippen molar-refractivity contribution in [1.29, 1.82) is 0 Å². The standard InChI is InChI=1S/C41H48N13O10P/c1-5-53-30(13-22(3)48-53)38(57)46-40-44-28-15-24(36(42)55)17-32-34(28)51(40)10-7-8-11-52-35-29(45-41(52)47-39(58)31-14-23(4)49-54(31)6-2)16-25(37(43)56)18-33(35)63-21-26(20-62-32)50-12-9-27(19-50)64-65(59,60)61/h7-8,13-18,26-27H,5-6,9-12,19-21H2,1-4H3,(H2,42,55)(H2,43,56)(H,44,46,57)(H,45,47,58)(H2,59,60,61)/b8-7+/t27-/m1/s1. The Morgan fingerprint density at radius 3 is 1.65 bits per heavy atom. The van der Waals surface area contributed by atoms with E-state index in [0.717, 1.165) is 0 Å². The van der Waals surface area contributed by atoms with Crippen LogP contribution in [0.5, 0.6) is 11.5 Å². The van der Waals surface area contributed by atoms with Gasteiger partial charge in [0.1, 0.15) is 47.1 Å². The number of ether oxygens (including phenoxy) is 2. The van der Waals surface area contributed by atoms with Gasteiger partial charge in [-0.3, -0.25) is 48.6 Å². The second-order valence-electron chi connectivity index (χ2n) is 15.6. The Balaban J connectivity index is 1.27. The molecular weight excluding hydrogens is 866 g/mol. The van der Waals surface area contributed by atoms with Gasteiger partial charge >= 0.3 is 7.82 Å². The predicted molar refractivity (Wildman–Crippen MR) is 235 cm³/mol. The highest BCUT2D eigenvalue weighted by molar-refractivity contribution is 7.46. The molecule has 1 fully saturated rings. The highest BCUT2D eigenvalue weighted by Crippen LogP contribution is 2.40. The number of nitrogens with zero attached hydrogens (tertiary/aromatic N) is 9. The van der Waals surface area contributed by atoms with Gasteiger partial charge in [0.2, 0.25) is 23.7 Å². The minimum Gasteiger partial charge on any atom is -0.490 e. The van der Waals surface area contributed by atoms with Gasteiger partial charge in [-0.1, -0.05) is 12.2 Å². The molecule has 0 aliphatic carbocycles. The summed E-state index contributed by atoms with van der Waals surface area (Å²) in [6.45, 7) is 8.51. The molecule has 2 aromatic carbocycles. The molecule has 65 heavy (non-hydrogen) atoms. The van der Waals surface area contributed by atoms with Crippen LogP contribution in [0.4, 0.5) is 11.9 Å². The second kappa shape index (κ2) is 17.9. The molecule has 0 spiro atoms. The van der Waals surface area contributed by atoms with Crippen LogP contribution in [0.2, 0.25) is 0 Å². The Labute approximate surface area is 370 Å². The van der Waals surface area contributed by atoms with E-state index in [0.29, 0.717) is 53.4 Å². The average Bonchev–Trinajstić information content (AvgIpc) is 4.08. The summed E-state index contributed by atoms with van der Waals surface area (Å²) in [7, 11) is -4.83. The molecular formula is C41H48N13O10P. The molecule has 1 saturated heterocycles. The minimum absolute atomic E-state index is 0.0801. The topological polar surface area (TPSA) is 304 Å². The number of primary amides is 2. The Hall–Kier alpha value is -6.91. The highest BCUT2D eigenvalue weighted by Gasteiger charge is 2.35. The Morgan fingerprint density at radius 2 is 1.23 bits per heavy atom. The number of carbonyl (C=O) groups is 4. The molecule has 8 rings (SSSR count). The van der Waals surface area contributed by atoms with Gasteiger partial charge in [-0.2, -0.15) is 10.2 Å². The number of nitrogens with one attached hydrogen (secondary N) is 2. The number of benzene rings is 2. The first-order valence-corrected chi connectivity index (χ1v) is 22.3. The summed E-state index contributed by atoms with van der Waals surface area (Å²) < 4.78 is 36.6. The van der Waals surface area contributed by atoms with E-state index in [9.17, 15) is 33.5 Å². The fraction of sp³-hybridized carbons (Fsp3) is 0.366. The van der Waals surface area contributed by atoms with E-state index in [1.165, 1.54) is 24.3 Å². The zero-order valence-corrected chi connectivity index (χ0v) is 36.8. The zero-order chi connectivity index (χ0) is 46.3. The van der Waals surface area contributed by atoms with Crippen molar-refractivity contribution >= 4 is 65.4 Å². The number of phosphoric acid groups is 1. The van der Waals surface area contributed by atoms with E-state index in [1.54, 1.807) is 44.5 Å². The molecule has 4 amide bonds. The fourth-order valence-electron chi connectivity index (χ4n) is 8.14. The highest BCUT2D eigenvalue weighted by atomic mass is 31.2. The van der Waals surface area contributed by atoms with Crippen LogP contribution in [0.25, 0.3) is 22.1 Å². The number of carbonyl (C=O) groups excluding carboxylic acids is 4. The molecule has 4 aromatic heterocycles. The minimum atomic E-state index is -4.83. The van der Waals surface area contributed by atoms with Crippen molar-refractivity contribution in [2.24, 2.45) is 11.5 Å². The number of likely N-dealkylation sites (tertiary alicyclic amines) is 1. The van der Waals surface area contributed by atoms with Crippen LogP contribution in [0.1, 0.15) is 73.3 Å². The van der Waals surface area contributed by atoms with Gasteiger partial charge in [0.05, 0.1) is 34.6 Å². The van der Waals surface area contributed by atoms with E-state index in [1.807, 2.05) is 30.9 Å². The fourth-order valence-corrected chi connectivity index (χ4v) is 8.70. The first-order chi connectivity index (χ1) is 31.0. The number of allylic oxidation sites excluding steroid dienone is 2. The van der Waals surface area contributed by atoms with Crippen LogP contribution in [0, 0.1) is 13.8 Å². The van der Waals surface area contributed by atoms with Crippen molar-refractivity contribution in [2.75, 3.05) is 36.9 Å². The van der Waals surface area contributed by atoms with E-state index in [4.69, 9.17) is 35.4 Å². The smallest absolute Gasteiger partial charge is 0.469 e. The average molecular weight is 914 g/mol. The van der Waals surface area contributed by atoms with Gasteiger partial charge < -0.3 is 39.9 Å². The first-order valence-electron chi connectivity index (χ1n) is 20.8. The number of hydrogen-bond acceptors (Lipinski definition) is 13. The number of imidazole rings is 2. The van der Waals surface area contributed by atoms with Gasteiger partial charge in [0.25, 0.3) is 11.8 Å². The van der Waals surface area contributed by atoms with E-state index >= 15 is 0 Å². The number of amides is 4. The molecule has 0 radical (unpaired) electrons. The summed E-state index contributed by atoms with van der Waals surface area (Å²) >= 11 is 0. The summed E-state index contributed by atoms with van der Waals surface area (Å²) in [6.07, 6.45) is 3.06. The maximum absolute atomic E-state index is 13.9. The quantitative estimate of drug-likeness (QED) is 0.0804. The number of anilines is 2. The van der Waals surface area contributed by atoms with Crippen LogP contribution < -0.4 is 31.6 Å². The Morgan fingerprint density at radius 1 is 0.769 bits per heavy atom. The molecule has 23 nitrogen and oxygen atoms in total. The molecule has 0 unspecified atom stereocenters. The summed E-state index contributed by atoms with van der Waals surface area (Å²) in [5.74, 6) is -1.86. The van der Waals surface area contributed by atoms with Crippen molar-refractivity contribution in [3.05, 3.63) is 82.5 Å². The normalized spacial score (nSPS) is 16.7. The maximum Gasteiger partial charge on any atom is 0.469 e. The lowest BCUT2D eigenvalue weighted by Gasteiger charge is -2.28. The third-order valence-corrected chi connectivity index (χ3v) is 11.7. The lowest BCUT2D eigenvalue weighted by atomic mass is 10.1. The lowest BCUT2D eigenvalue weighted by molar-refractivity contribution is 0.0897. The number of phosphoric ester groups is 1. The Bertz CT molecular complexity index is 2770. The third-order valence-electron chi connectivity index (χ3n) is 11.1. The van der Waals surface area contributed by atoms with E-state index < -0.39 is 43.6 Å². The summed E-state index contributed by atoms with van der Waals surface area (Å²) in [5, 5.41) is 14.6. The van der Waals surface area contributed by atoms with E-state index in [-0.39, 0.29) is 84.8 Å². The van der Waals surface area contributed by atoms with Crippen LogP contribution >= 0.6 is 7.82 Å². The molecule has 0 saturated carbocycles. The molecule has 6 heterocycles. The molecule has 6 aromatic rings. The van der Waals surface area contributed by atoms with Crippen molar-refractivity contribution < 1.29 is 47.5 Å². The maximum atomic E-state index is 13.9. The monoisotopic (exact) mass is 913 g/mol. The van der Waals surface area contributed by atoms with Crippen molar-refractivity contribution in [1.82, 2.24) is 43.6 Å². The summed E-state index contributed by atoms with van der Waals surface area (Å²) in [6, 6.07) is 8.60. The van der Waals surface area contributed by atoms with Crippen molar-refractivity contribution in [3.63, 3.8) is 0 Å². The molecule has 2 aliphatic heterocycles. The summed E-state index contributed by atoms with van der Waals surface area (Å²) in [4.78, 5) is 83.7. The molecule has 2 aliphatic rings. The largest absolute Gasteiger partial charge is 0.490 e. The number of nitrogens with two attached hydrogens (primary N) is 2. The molecule has 342 valence electrons. The first kappa shape index (κ1) is 44.7. The molecule has 8 N–H and O–H groups in total. The van der Waals surface area contributed by atoms with Crippen molar-refractivity contribution in [2.45, 2.75) is 72.4 Å². The second-order valence-corrected chi connectivity index (χ2v) is 16.8. The molecule has 1 atom stereocenters. The van der Waals surface area contributed by atoms with Gasteiger partial charge in [-0.15, -0.1) is 0 Å². The summed E-state index contributed by atoms with van der Waals surface area (Å²) in [5.41, 5.74) is 15.0. The van der Waals surface area contributed by atoms with Gasteiger partial charge in [0.15, 0.2) is 0 Å². The van der Waals surface area contributed by atoms with Crippen LogP contribution in [0.3, 0.4) is 0 Å². The Kier molecular flexibility index (Phi) is 12.3. The van der Waals surface area contributed by atoms with Gasteiger partial charge in [0, 0.05) is 50.4 Å². The third kappa shape index (κ3) is 9.36. The van der Waals surface area contributed by atoms with Crippen LogP contribution in [-0.2, 0) is 35.3 Å². The van der Waals surface area contributed by atoms with Gasteiger partial charge in [-0.05, 0) is 70.5 Å². The SMILES string of the molecule is CCn1nc(C)cc1C(=O)Nc1nc2cc(C(N)=O)cc3c2n1C/C=C/Cn1c(NC(=O)c2cc(C)nn2CC)nc2cc(C(N)=O)cc(c21)OCC(N1CC[C@@H](OP(=O)(O)O)C1)CO3. The van der Waals surface area contributed by atoms with Crippen LogP contribution in [-0.4, -0.2) is 115 Å². The predicted octanol–water partition coefficient (Wildman–Crippen LogP) is 2.72.